The molecule has 2 aliphatic rings. The fourth-order valence-electron chi connectivity index (χ4n) is 4.28. The van der Waals surface area contributed by atoms with E-state index in [4.69, 9.17) is 32.7 Å². The molecule has 0 bridgehead atoms. The van der Waals surface area contributed by atoms with Gasteiger partial charge in [-0.2, -0.15) is 0 Å². The van der Waals surface area contributed by atoms with E-state index in [9.17, 15) is 5.11 Å². The Morgan fingerprint density at radius 1 is 1.10 bits per heavy atom. The summed E-state index contributed by atoms with van der Waals surface area (Å²) in [7, 11) is 1.77. The zero-order valence-electron chi connectivity index (χ0n) is 17.0. The molecule has 1 atom stereocenters. The predicted octanol–water partition coefficient (Wildman–Crippen LogP) is 3.00. The monoisotopic (exact) mass is 443 g/mol. The van der Waals surface area contributed by atoms with Crippen LogP contribution in [0.25, 0.3) is 0 Å². The van der Waals surface area contributed by atoms with E-state index in [2.05, 4.69) is 15.6 Å². The van der Waals surface area contributed by atoms with Crippen molar-refractivity contribution in [1.29, 1.82) is 0 Å². The minimum Gasteiger partial charge on any atom is -0.396 e. The van der Waals surface area contributed by atoms with E-state index in [1.807, 2.05) is 18.2 Å². The maximum Gasteiger partial charge on any atom is 0.191 e. The number of rotatable bonds is 7. The van der Waals surface area contributed by atoms with Crippen molar-refractivity contribution in [2.24, 2.45) is 10.4 Å². The normalized spacial score (nSPS) is 24.5. The van der Waals surface area contributed by atoms with E-state index in [1.165, 1.54) is 0 Å². The first-order valence-corrected chi connectivity index (χ1v) is 10.9. The Morgan fingerprint density at radius 2 is 1.83 bits per heavy atom. The Bertz CT molecular complexity index is 702. The maximum absolute atomic E-state index is 9.43. The second-order valence-corrected chi connectivity index (χ2v) is 8.92. The third-order valence-corrected chi connectivity index (χ3v) is 6.78. The zero-order chi connectivity index (χ0) is 20.7. The van der Waals surface area contributed by atoms with Crippen molar-refractivity contribution in [2.45, 2.75) is 31.1 Å². The van der Waals surface area contributed by atoms with Gasteiger partial charge in [-0.15, -0.1) is 0 Å². The highest BCUT2D eigenvalue weighted by atomic mass is 35.5. The number of aliphatic hydroxyl groups is 1. The lowest BCUT2D eigenvalue weighted by molar-refractivity contribution is 0.0514. The first-order chi connectivity index (χ1) is 14.0. The molecule has 3 rings (SSSR count). The minimum absolute atomic E-state index is 0.0395. The standard InChI is InChI=1S/C21H31Cl2N3O3/c1-24-19(25-13-20(4-8-27)5-9-29-15-20)26-14-21(6-10-28-11-7-21)17-3-2-16(22)12-18(17)23/h2-3,12,27H,4-11,13-15H2,1H3,(H2,24,25,26). The van der Waals surface area contributed by atoms with Gasteiger partial charge < -0.3 is 25.2 Å². The van der Waals surface area contributed by atoms with Crippen LogP contribution in [-0.2, 0) is 14.9 Å². The van der Waals surface area contributed by atoms with Gasteiger partial charge in [0.05, 0.1) is 6.61 Å². The molecule has 0 spiro atoms. The van der Waals surface area contributed by atoms with Crippen molar-refractivity contribution in [3.63, 3.8) is 0 Å². The molecular weight excluding hydrogens is 413 g/mol. The van der Waals surface area contributed by atoms with Crippen LogP contribution in [0, 0.1) is 5.41 Å². The van der Waals surface area contributed by atoms with Gasteiger partial charge in [0.15, 0.2) is 5.96 Å². The molecule has 29 heavy (non-hydrogen) atoms. The summed E-state index contributed by atoms with van der Waals surface area (Å²) in [6, 6.07) is 5.73. The highest BCUT2D eigenvalue weighted by Crippen LogP contribution is 2.39. The number of aliphatic hydroxyl groups excluding tert-OH is 1. The Balaban J connectivity index is 1.68. The average Bonchev–Trinajstić information content (AvgIpc) is 3.18. The van der Waals surface area contributed by atoms with Gasteiger partial charge in [-0.05, 0) is 43.4 Å². The van der Waals surface area contributed by atoms with Crippen LogP contribution >= 0.6 is 23.2 Å². The van der Waals surface area contributed by atoms with Crippen molar-refractivity contribution in [3.05, 3.63) is 33.8 Å². The van der Waals surface area contributed by atoms with Gasteiger partial charge in [-0.25, -0.2) is 0 Å². The summed E-state index contributed by atoms with van der Waals surface area (Å²) in [6.07, 6.45) is 3.42. The number of guanidine groups is 1. The van der Waals surface area contributed by atoms with Gasteiger partial charge in [-0.3, -0.25) is 4.99 Å². The summed E-state index contributed by atoms with van der Waals surface area (Å²) in [5.74, 6) is 0.741. The van der Waals surface area contributed by atoms with E-state index >= 15 is 0 Å². The van der Waals surface area contributed by atoms with E-state index < -0.39 is 0 Å². The number of nitrogens with zero attached hydrogens (tertiary/aromatic N) is 1. The molecule has 8 heteroatoms. The molecule has 0 aromatic heterocycles. The lowest BCUT2D eigenvalue weighted by Gasteiger charge is -2.39. The number of aliphatic imine (C=N–C) groups is 1. The Kier molecular flexibility index (Phi) is 8.05. The van der Waals surface area contributed by atoms with E-state index in [1.54, 1.807) is 7.05 Å². The van der Waals surface area contributed by atoms with Gasteiger partial charge in [0.25, 0.3) is 0 Å². The zero-order valence-corrected chi connectivity index (χ0v) is 18.5. The number of hydrogen-bond acceptors (Lipinski definition) is 4. The van der Waals surface area contributed by atoms with Gasteiger partial charge in [0.1, 0.15) is 0 Å². The fourth-order valence-corrected chi connectivity index (χ4v) is 4.89. The molecule has 2 heterocycles. The van der Waals surface area contributed by atoms with E-state index in [0.717, 1.165) is 43.8 Å². The molecule has 1 unspecified atom stereocenters. The van der Waals surface area contributed by atoms with Gasteiger partial charge in [0.2, 0.25) is 0 Å². The van der Waals surface area contributed by atoms with Crippen LogP contribution in [-0.4, -0.2) is 64.2 Å². The summed E-state index contributed by atoms with van der Waals surface area (Å²) in [5, 5.41) is 17.7. The molecule has 0 radical (unpaired) electrons. The molecule has 0 saturated carbocycles. The van der Waals surface area contributed by atoms with Gasteiger partial charge in [-0.1, -0.05) is 29.3 Å². The molecule has 3 N–H and O–H groups in total. The third-order valence-electron chi connectivity index (χ3n) is 6.23. The molecule has 162 valence electrons. The quantitative estimate of drug-likeness (QED) is 0.446. The number of benzene rings is 1. The maximum atomic E-state index is 9.43. The van der Waals surface area contributed by atoms with E-state index in [0.29, 0.717) is 43.0 Å². The predicted molar refractivity (Wildman–Crippen MR) is 117 cm³/mol. The molecule has 2 saturated heterocycles. The Hall–Kier alpha value is -1.05. The van der Waals surface area contributed by atoms with Crippen LogP contribution in [0.1, 0.15) is 31.2 Å². The van der Waals surface area contributed by atoms with Crippen molar-refractivity contribution in [1.82, 2.24) is 10.6 Å². The first kappa shape index (κ1) is 22.6. The average molecular weight is 444 g/mol. The summed E-state index contributed by atoms with van der Waals surface area (Å²) in [6.45, 7) is 4.37. The van der Waals surface area contributed by atoms with Crippen molar-refractivity contribution >= 4 is 29.2 Å². The molecule has 2 fully saturated rings. The van der Waals surface area contributed by atoms with Crippen LogP contribution in [0.4, 0.5) is 0 Å². The number of halogens is 2. The smallest absolute Gasteiger partial charge is 0.191 e. The summed E-state index contributed by atoms with van der Waals surface area (Å²) in [5.41, 5.74) is 0.912. The number of ether oxygens (including phenoxy) is 2. The van der Waals surface area contributed by atoms with Crippen LogP contribution < -0.4 is 10.6 Å². The molecule has 0 aliphatic carbocycles. The minimum atomic E-state index is -0.142. The van der Waals surface area contributed by atoms with Crippen molar-refractivity contribution in [2.75, 3.05) is 53.2 Å². The van der Waals surface area contributed by atoms with Crippen LogP contribution in [0.3, 0.4) is 0 Å². The topological polar surface area (TPSA) is 75.1 Å². The second kappa shape index (κ2) is 10.3. The third kappa shape index (κ3) is 5.56. The Morgan fingerprint density at radius 3 is 2.45 bits per heavy atom. The molecule has 1 aromatic rings. The van der Waals surface area contributed by atoms with Crippen LogP contribution in [0.15, 0.2) is 23.2 Å². The highest BCUT2D eigenvalue weighted by Gasteiger charge is 2.37. The van der Waals surface area contributed by atoms with Gasteiger partial charge in [0, 0.05) is 67.4 Å². The lowest BCUT2D eigenvalue weighted by atomic mass is 9.74. The Labute approximate surface area is 183 Å². The molecule has 2 aliphatic heterocycles. The second-order valence-electron chi connectivity index (χ2n) is 8.07. The van der Waals surface area contributed by atoms with Crippen LogP contribution in [0.5, 0.6) is 0 Å². The molecule has 6 nitrogen and oxygen atoms in total. The molecular formula is C21H31Cl2N3O3. The van der Waals surface area contributed by atoms with Crippen molar-refractivity contribution in [3.8, 4) is 0 Å². The SMILES string of the molecule is CN=C(NCC1(CCO)CCOC1)NCC1(c2ccc(Cl)cc2Cl)CCOCC1. The van der Waals surface area contributed by atoms with E-state index in [-0.39, 0.29) is 17.4 Å². The molecule has 0 amide bonds. The molecule has 1 aromatic carbocycles. The number of hydrogen-bond donors (Lipinski definition) is 3. The highest BCUT2D eigenvalue weighted by molar-refractivity contribution is 6.35. The van der Waals surface area contributed by atoms with Crippen molar-refractivity contribution < 1.29 is 14.6 Å². The largest absolute Gasteiger partial charge is 0.396 e. The lowest BCUT2D eigenvalue weighted by Crippen LogP contribution is -2.50. The summed E-state index contributed by atoms with van der Waals surface area (Å²) in [4.78, 5) is 4.39. The summed E-state index contributed by atoms with van der Waals surface area (Å²) < 4.78 is 11.2. The van der Waals surface area contributed by atoms with Crippen LogP contribution in [0.2, 0.25) is 10.0 Å². The first-order valence-electron chi connectivity index (χ1n) is 10.2. The fraction of sp³-hybridized carbons (Fsp3) is 0.667. The van der Waals surface area contributed by atoms with Gasteiger partial charge >= 0.3 is 0 Å². The number of nitrogens with one attached hydrogen (secondary N) is 2. The summed E-state index contributed by atoms with van der Waals surface area (Å²) >= 11 is 12.7.